The van der Waals surface area contributed by atoms with Gasteiger partial charge in [-0.15, -0.1) is 0 Å². The lowest BCUT2D eigenvalue weighted by atomic mass is 10.2. The molecular weight excluding hydrogens is 326 g/mol. The fourth-order valence-corrected chi connectivity index (χ4v) is 2.54. The molecular formula is C21H19N3O2. The minimum absolute atomic E-state index is 0.0779. The molecule has 0 atom stereocenters. The van der Waals surface area contributed by atoms with Crippen molar-refractivity contribution in [3.63, 3.8) is 0 Å². The maximum Gasteiger partial charge on any atom is 0.227 e. The van der Waals surface area contributed by atoms with Crippen molar-refractivity contribution in [1.82, 2.24) is 4.98 Å². The van der Waals surface area contributed by atoms with Crippen LogP contribution in [0.3, 0.4) is 0 Å². The first-order valence-corrected chi connectivity index (χ1v) is 8.64. The molecule has 0 aliphatic heterocycles. The molecule has 2 aromatic carbocycles. The van der Waals surface area contributed by atoms with Gasteiger partial charge in [0.2, 0.25) is 5.91 Å². The van der Waals surface area contributed by atoms with Crippen LogP contribution in [0.15, 0.2) is 72.9 Å². The van der Waals surface area contributed by atoms with Gasteiger partial charge in [-0.3, -0.25) is 4.79 Å². The Labute approximate surface area is 152 Å². The third kappa shape index (κ3) is 4.00. The standard InChI is InChI=1S/C21H19N3O2/c25-21(15-10-11-15)23-16-12-13-20(22-14-16)24-18-8-4-5-9-19(18)26-17-6-2-1-3-7-17/h1-9,12-15H,10-11H2,(H,22,24)(H,23,25). The molecule has 0 saturated heterocycles. The zero-order valence-electron chi connectivity index (χ0n) is 14.2. The summed E-state index contributed by atoms with van der Waals surface area (Å²) in [6, 6.07) is 21.0. The van der Waals surface area contributed by atoms with Gasteiger partial charge in [0, 0.05) is 5.92 Å². The Morgan fingerprint density at radius 1 is 0.962 bits per heavy atom. The SMILES string of the molecule is O=C(Nc1ccc(Nc2ccccc2Oc2ccccc2)nc1)C1CC1. The minimum Gasteiger partial charge on any atom is -0.455 e. The van der Waals surface area contributed by atoms with E-state index in [4.69, 9.17) is 4.74 Å². The number of carbonyl (C=O) groups excluding carboxylic acids is 1. The zero-order chi connectivity index (χ0) is 17.8. The second-order valence-corrected chi connectivity index (χ2v) is 6.23. The summed E-state index contributed by atoms with van der Waals surface area (Å²) < 4.78 is 5.94. The second kappa shape index (κ2) is 7.27. The molecule has 130 valence electrons. The van der Waals surface area contributed by atoms with E-state index < -0.39 is 0 Å². The number of carbonyl (C=O) groups is 1. The maximum absolute atomic E-state index is 11.8. The quantitative estimate of drug-likeness (QED) is 0.662. The van der Waals surface area contributed by atoms with Crippen LogP contribution < -0.4 is 15.4 Å². The normalized spacial score (nSPS) is 13.1. The molecule has 1 heterocycles. The molecule has 1 saturated carbocycles. The molecule has 0 radical (unpaired) electrons. The Balaban J connectivity index is 1.46. The number of nitrogens with zero attached hydrogens (tertiary/aromatic N) is 1. The van der Waals surface area contributed by atoms with Crippen LogP contribution in [0.5, 0.6) is 11.5 Å². The number of para-hydroxylation sites is 3. The van der Waals surface area contributed by atoms with Crippen LogP contribution in [0, 0.1) is 5.92 Å². The van der Waals surface area contributed by atoms with Gasteiger partial charge < -0.3 is 15.4 Å². The van der Waals surface area contributed by atoms with E-state index in [9.17, 15) is 4.79 Å². The summed E-state index contributed by atoms with van der Waals surface area (Å²) in [4.78, 5) is 16.2. The number of hydrogen-bond donors (Lipinski definition) is 2. The van der Waals surface area contributed by atoms with Crippen molar-refractivity contribution in [3.8, 4) is 11.5 Å². The summed E-state index contributed by atoms with van der Waals surface area (Å²) in [5, 5.41) is 6.14. The summed E-state index contributed by atoms with van der Waals surface area (Å²) >= 11 is 0. The van der Waals surface area contributed by atoms with Gasteiger partial charge in [0.25, 0.3) is 0 Å². The maximum atomic E-state index is 11.8. The zero-order valence-corrected chi connectivity index (χ0v) is 14.2. The molecule has 2 N–H and O–H groups in total. The van der Waals surface area contributed by atoms with E-state index in [1.54, 1.807) is 6.20 Å². The number of aromatic nitrogens is 1. The average molecular weight is 345 g/mol. The summed E-state index contributed by atoms with van der Waals surface area (Å²) in [5.41, 5.74) is 1.53. The van der Waals surface area contributed by atoms with Gasteiger partial charge in [-0.1, -0.05) is 30.3 Å². The highest BCUT2D eigenvalue weighted by Crippen LogP contribution is 2.32. The first kappa shape index (κ1) is 16.1. The van der Waals surface area contributed by atoms with Crippen molar-refractivity contribution >= 4 is 23.1 Å². The van der Waals surface area contributed by atoms with Crippen molar-refractivity contribution in [2.24, 2.45) is 5.92 Å². The molecule has 1 aliphatic carbocycles. The van der Waals surface area contributed by atoms with E-state index in [-0.39, 0.29) is 11.8 Å². The highest BCUT2D eigenvalue weighted by molar-refractivity contribution is 5.93. The summed E-state index contributed by atoms with van der Waals surface area (Å²) in [7, 11) is 0. The minimum atomic E-state index is 0.0779. The van der Waals surface area contributed by atoms with Gasteiger partial charge in [-0.05, 0) is 49.2 Å². The van der Waals surface area contributed by atoms with Crippen molar-refractivity contribution in [3.05, 3.63) is 72.9 Å². The van der Waals surface area contributed by atoms with Gasteiger partial charge in [-0.2, -0.15) is 0 Å². The van der Waals surface area contributed by atoms with Gasteiger partial charge in [0.1, 0.15) is 11.6 Å². The molecule has 1 aromatic heterocycles. The number of nitrogens with one attached hydrogen (secondary N) is 2. The van der Waals surface area contributed by atoms with Crippen LogP contribution in [-0.4, -0.2) is 10.9 Å². The third-order valence-corrected chi connectivity index (χ3v) is 4.10. The molecule has 1 fully saturated rings. The first-order chi connectivity index (χ1) is 12.8. The van der Waals surface area contributed by atoms with Crippen LogP contribution in [0.25, 0.3) is 0 Å². The Morgan fingerprint density at radius 2 is 1.73 bits per heavy atom. The number of ether oxygens (including phenoxy) is 1. The molecule has 1 amide bonds. The van der Waals surface area contributed by atoms with Crippen molar-refractivity contribution < 1.29 is 9.53 Å². The largest absolute Gasteiger partial charge is 0.455 e. The average Bonchev–Trinajstić information content (AvgIpc) is 3.51. The molecule has 0 unspecified atom stereocenters. The Morgan fingerprint density at radius 3 is 2.46 bits per heavy atom. The Kier molecular flexibility index (Phi) is 4.51. The summed E-state index contributed by atoms with van der Waals surface area (Å²) in [6.45, 7) is 0. The van der Waals surface area contributed by atoms with E-state index >= 15 is 0 Å². The third-order valence-electron chi connectivity index (χ3n) is 4.10. The van der Waals surface area contributed by atoms with E-state index in [0.717, 1.165) is 24.3 Å². The van der Waals surface area contributed by atoms with Crippen molar-refractivity contribution in [2.75, 3.05) is 10.6 Å². The second-order valence-electron chi connectivity index (χ2n) is 6.23. The monoisotopic (exact) mass is 345 g/mol. The molecule has 1 aliphatic rings. The molecule has 4 rings (SSSR count). The number of amides is 1. The van der Waals surface area contributed by atoms with Crippen LogP contribution >= 0.6 is 0 Å². The number of anilines is 3. The van der Waals surface area contributed by atoms with E-state index in [1.165, 1.54) is 0 Å². The molecule has 3 aromatic rings. The van der Waals surface area contributed by atoms with Gasteiger partial charge in [-0.25, -0.2) is 4.98 Å². The van der Waals surface area contributed by atoms with Gasteiger partial charge in [0.05, 0.1) is 17.6 Å². The number of benzene rings is 2. The predicted octanol–water partition coefficient (Wildman–Crippen LogP) is 4.97. The lowest BCUT2D eigenvalue weighted by molar-refractivity contribution is -0.117. The van der Waals surface area contributed by atoms with E-state index in [2.05, 4.69) is 15.6 Å². The molecule has 5 nitrogen and oxygen atoms in total. The highest BCUT2D eigenvalue weighted by Gasteiger charge is 2.29. The van der Waals surface area contributed by atoms with Gasteiger partial charge in [0.15, 0.2) is 5.75 Å². The number of rotatable bonds is 6. The number of pyridine rings is 1. The fraction of sp³-hybridized carbons (Fsp3) is 0.143. The smallest absolute Gasteiger partial charge is 0.227 e. The Bertz CT molecular complexity index is 891. The summed E-state index contributed by atoms with van der Waals surface area (Å²) in [6.07, 6.45) is 3.62. The van der Waals surface area contributed by atoms with Crippen LogP contribution in [0.2, 0.25) is 0 Å². The predicted molar refractivity (Wildman–Crippen MR) is 102 cm³/mol. The molecule has 26 heavy (non-hydrogen) atoms. The van der Waals surface area contributed by atoms with Crippen LogP contribution in [-0.2, 0) is 4.79 Å². The van der Waals surface area contributed by atoms with Gasteiger partial charge >= 0.3 is 0 Å². The lowest BCUT2D eigenvalue weighted by Gasteiger charge is -2.13. The first-order valence-electron chi connectivity index (χ1n) is 8.64. The number of hydrogen-bond acceptors (Lipinski definition) is 4. The van der Waals surface area contributed by atoms with Crippen molar-refractivity contribution in [2.45, 2.75) is 12.8 Å². The lowest BCUT2D eigenvalue weighted by Crippen LogP contribution is -2.13. The van der Waals surface area contributed by atoms with Crippen LogP contribution in [0.4, 0.5) is 17.2 Å². The molecule has 5 heteroatoms. The van der Waals surface area contributed by atoms with Crippen LogP contribution in [0.1, 0.15) is 12.8 Å². The fourth-order valence-electron chi connectivity index (χ4n) is 2.54. The van der Waals surface area contributed by atoms with Crippen molar-refractivity contribution in [1.29, 1.82) is 0 Å². The topological polar surface area (TPSA) is 63.2 Å². The Hall–Kier alpha value is -3.34. The van der Waals surface area contributed by atoms with E-state index in [1.807, 2.05) is 66.7 Å². The molecule has 0 bridgehead atoms. The summed E-state index contributed by atoms with van der Waals surface area (Å²) in [5.74, 6) is 2.42. The van der Waals surface area contributed by atoms with E-state index in [0.29, 0.717) is 17.3 Å². The molecule has 0 spiro atoms. The highest BCUT2D eigenvalue weighted by atomic mass is 16.5.